The number of aromatic nitrogens is 2. The van der Waals surface area contributed by atoms with E-state index in [1.807, 2.05) is 0 Å². The molecule has 3 nitrogen and oxygen atoms in total. The molecule has 0 saturated carbocycles. The van der Waals surface area contributed by atoms with Crippen LogP contribution in [0.4, 0.5) is 0 Å². The minimum absolute atomic E-state index is 0.736. The Bertz CT molecular complexity index is 204. The maximum atomic E-state index is 4.92. The van der Waals surface area contributed by atoms with Gasteiger partial charge in [-0.05, 0) is 0 Å². The summed E-state index contributed by atoms with van der Waals surface area (Å²) in [6.45, 7) is 0. The highest BCUT2D eigenvalue weighted by Gasteiger charge is 1.94. The molecule has 0 saturated heterocycles. The summed E-state index contributed by atoms with van der Waals surface area (Å²) < 4.78 is 4.92. The van der Waals surface area contributed by atoms with Crippen LogP contribution >= 0.6 is 9.24 Å². The van der Waals surface area contributed by atoms with Crippen molar-refractivity contribution in [1.82, 2.24) is 10.2 Å². The molecule has 0 fully saturated rings. The first-order valence-corrected chi connectivity index (χ1v) is 3.03. The van der Waals surface area contributed by atoms with Crippen LogP contribution in [-0.4, -0.2) is 17.3 Å². The second-order valence-electron chi connectivity index (χ2n) is 1.48. The second-order valence-corrected chi connectivity index (χ2v) is 2.03. The maximum Gasteiger partial charge on any atom is 0.147 e. The average Bonchev–Trinajstić information content (AvgIpc) is 1.89. The van der Waals surface area contributed by atoms with Crippen LogP contribution in [0.2, 0.25) is 0 Å². The third-order valence-electron chi connectivity index (χ3n) is 0.930. The summed E-state index contributed by atoms with van der Waals surface area (Å²) in [6.07, 6.45) is 1.59. The fraction of sp³-hybridized carbons (Fsp3) is 0.200. The molecule has 9 heavy (non-hydrogen) atoms. The van der Waals surface area contributed by atoms with Gasteiger partial charge in [0.15, 0.2) is 0 Å². The topological polar surface area (TPSA) is 35.0 Å². The number of nitrogens with zero attached hydrogens (tertiary/aromatic N) is 2. The zero-order chi connectivity index (χ0) is 6.69. The van der Waals surface area contributed by atoms with Crippen molar-refractivity contribution >= 4 is 14.7 Å². The summed E-state index contributed by atoms with van der Waals surface area (Å²) in [5.74, 6) is 0.745. The van der Waals surface area contributed by atoms with E-state index in [0.29, 0.717) is 0 Å². The SMILES string of the molecule is COc1ccnnc1P. The Hall–Kier alpha value is -0.690. The lowest BCUT2D eigenvalue weighted by atomic mass is 10.5. The molecule has 1 aromatic rings. The fourth-order valence-corrected chi connectivity index (χ4v) is 0.785. The first-order chi connectivity index (χ1) is 4.34. The first-order valence-electron chi connectivity index (χ1n) is 2.45. The van der Waals surface area contributed by atoms with Gasteiger partial charge in [-0.1, -0.05) is 9.24 Å². The zero-order valence-corrected chi connectivity index (χ0v) is 6.19. The van der Waals surface area contributed by atoms with Gasteiger partial charge in [0.1, 0.15) is 11.2 Å². The van der Waals surface area contributed by atoms with Gasteiger partial charge in [-0.3, -0.25) is 0 Å². The van der Waals surface area contributed by atoms with Crippen LogP contribution in [0.25, 0.3) is 0 Å². The molecule has 0 spiro atoms. The van der Waals surface area contributed by atoms with Gasteiger partial charge < -0.3 is 4.74 Å². The standard InChI is InChI=1S/C5H7N2OP/c1-8-4-2-3-6-7-5(4)9/h2-3H,9H2,1H3. The first kappa shape index (κ1) is 6.43. The van der Waals surface area contributed by atoms with Crippen molar-refractivity contribution in [3.63, 3.8) is 0 Å². The van der Waals surface area contributed by atoms with Crippen LogP contribution in [0.3, 0.4) is 0 Å². The van der Waals surface area contributed by atoms with E-state index < -0.39 is 0 Å². The summed E-state index contributed by atoms with van der Waals surface area (Å²) >= 11 is 0. The molecule has 1 atom stereocenters. The van der Waals surface area contributed by atoms with Gasteiger partial charge in [0.2, 0.25) is 0 Å². The molecule has 0 aliphatic rings. The van der Waals surface area contributed by atoms with Gasteiger partial charge in [0, 0.05) is 6.07 Å². The lowest BCUT2D eigenvalue weighted by Gasteiger charge is -1.98. The van der Waals surface area contributed by atoms with E-state index in [2.05, 4.69) is 19.4 Å². The Balaban J connectivity index is 3.01. The Kier molecular flexibility index (Phi) is 1.96. The van der Waals surface area contributed by atoms with Crippen molar-refractivity contribution < 1.29 is 4.74 Å². The molecule has 1 rings (SSSR count). The minimum atomic E-state index is 0.736. The van der Waals surface area contributed by atoms with Crippen molar-refractivity contribution in [2.75, 3.05) is 7.11 Å². The Labute approximate surface area is 55.6 Å². The molecule has 0 N–H and O–H groups in total. The highest BCUT2D eigenvalue weighted by molar-refractivity contribution is 7.27. The van der Waals surface area contributed by atoms with Gasteiger partial charge in [-0.15, -0.1) is 5.10 Å². The molecule has 0 aliphatic heterocycles. The Morgan fingerprint density at radius 3 is 2.89 bits per heavy atom. The molecule has 1 aromatic heterocycles. The predicted molar refractivity (Wildman–Crippen MR) is 37.9 cm³/mol. The van der Waals surface area contributed by atoms with Crippen LogP contribution in [0.15, 0.2) is 12.3 Å². The van der Waals surface area contributed by atoms with Crippen molar-refractivity contribution in [3.05, 3.63) is 12.3 Å². The van der Waals surface area contributed by atoms with Gasteiger partial charge in [0.05, 0.1) is 13.3 Å². The van der Waals surface area contributed by atoms with E-state index in [-0.39, 0.29) is 0 Å². The molecule has 1 unspecified atom stereocenters. The third-order valence-corrected chi connectivity index (χ3v) is 1.33. The molecule has 4 heteroatoms. The van der Waals surface area contributed by atoms with Gasteiger partial charge in [-0.2, -0.15) is 5.10 Å². The monoisotopic (exact) mass is 142 g/mol. The van der Waals surface area contributed by atoms with Crippen molar-refractivity contribution in [1.29, 1.82) is 0 Å². The summed E-state index contributed by atoms with van der Waals surface area (Å²) in [6, 6.07) is 1.76. The number of rotatable bonds is 1. The summed E-state index contributed by atoms with van der Waals surface area (Å²) in [5.41, 5.74) is 0.736. The molecule has 1 heterocycles. The van der Waals surface area contributed by atoms with E-state index >= 15 is 0 Å². The molecular weight excluding hydrogens is 135 g/mol. The molecule has 48 valence electrons. The number of hydrogen-bond donors (Lipinski definition) is 0. The van der Waals surface area contributed by atoms with Crippen molar-refractivity contribution in [3.8, 4) is 5.75 Å². The average molecular weight is 142 g/mol. The largest absolute Gasteiger partial charge is 0.494 e. The quantitative estimate of drug-likeness (QED) is 0.517. The number of methoxy groups -OCH3 is 1. The molecule has 0 bridgehead atoms. The smallest absolute Gasteiger partial charge is 0.147 e. The van der Waals surface area contributed by atoms with E-state index in [1.54, 1.807) is 19.4 Å². The van der Waals surface area contributed by atoms with E-state index in [1.165, 1.54) is 0 Å². The highest BCUT2D eigenvalue weighted by atomic mass is 31.0. The number of ether oxygens (including phenoxy) is 1. The zero-order valence-electron chi connectivity index (χ0n) is 5.03. The van der Waals surface area contributed by atoms with Crippen LogP contribution in [0, 0.1) is 0 Å². The lowest BCUT2D eigenvalue weighted by Crippen LogP contribution is -2.03. The van der Waals surface area contributed by atoms with Crippen molar-refractivity contribution in [2.45, 2.75) is 0 Å². The predicted octanol–water partition coefficient (Wildman–Crippen LogP) is -0.0144. The van der Waals surface area contributed by atoms with E-state index in [0.717, 1.165) is 11.2 Å². The van der Waals surface area contributed by atoms with Crippen LogP contribution in [-0.2, 0) is 0 Å². The van der Waals surface area contributed by atoms with Crippen molar-refractivity contribution in [2.24, 2.45) is 0 Å². The van der Waals surface area contributed by atoms with Crippen LogP contribution < -0.4 is 10.2 Å². The van der Waals surface area contributed by atoms with E-state index in [9.17, 15) is 0 Å². The molecular formula is C5H7N2OP. The Morgan fingerprint density at radius 2 is 2.44 bits per heavy atom. The lowest BCUT2D eigenvalue weighted by molar-refractivity contribution is 0.416. The molecule has 0 aromatic carbocycles. The third kappa shape index (κ3) is 1.36. The minimum Gasteiger partial charge on any atom is -0.494 e. The maximum absolute atomic E-state index is 4.92. The summed E-state index contributed by atoms with van der Waals surface area (Å²) in [7, 11) is 4.03. The van der Waals surface area contributed by atoms with Gasteiger partial charge >= 0.3 is 0 Å². The Morgan fingerprint density at radius 1 is 1.67 bits per heavy atom. The van der Waals surface area contributed by atoms with Gasteiger partial charge in [0.25, 0.3) is 0 Å². The molecule has 0 amide bonds. The van der Waals surface area contributed by atoms with Crippen LogP contribution in [0.1, 0.15) is 0 Å². The molecule has 0 radical (unpaired) electrons. The summed E-state index contributed by atoms with van der Waals surface area (Å²) in [5, 5.41) is 7.38. The number of hydrogen-bond acceptors (Lipinski definition) is 3. The highest BCUT2D eigenvalue weighted by Crippen LogP contribution is 2.03. The fourth-order valence-electron chi connectivity index (χ4n) is 0.504. The van der Waals surface area contributed by atoms with E-state index in [4.69, 9.17) is 4.74 Å². The van der Waals surface area contributed by atoms with Crippen LogP contribution in [0.5, 0.6) is 5.75 Å². The second kappa shape index (κ2) is 2.74. The van der Waals surface area contributed by atoms with Gasteiger partial charge in [-0.25, -0.2) is 0 Å². The normalized spacial score (nSPS) is 9.11. The summed E-state index contributed by atoms with van der Waals surface area (Å²) in [4.78, 5) is 0. The molecule has 0 aliphatic carbocycles.